The van der Waals surface area contributed by atoms with Gasteiger partial charge in [0.05, 0.1) is 0 Å². The van der Waals surface area contributed by atoms with Gasteiger partial charge < -0.3 is 16.6 Å². The molecule has 0 bridgehead atoms. The number of hydrogen-bond acceptors (Lipinski definition) is 4. The maximum Gasteiger partial charge on any atom is 0.320 e. The second-order valence-electron chi connectivity index (χ2n) is 3.58. The zero-order chi connectivity index (χ0) is 11.6. The molecule has 1 aromatic rings. The van der Waals surface area contributed by atoms with Crippen LogP contribution in [0.1, 0.15) is 16.8 Å². The smallest absolute Gasteiger partial charge is 0.320 e. The lowest BCUT2D eigenvalue weighted by Crippen LogP contribution is -2.32. The number of aliphatic carboxylic acids is 1. The van der Waals surface area contributed by atoms with Crippen molar-refractivity contribution in [1.82, 2.24) is 4.98 Å². The second kappa shape index (κ2) is 4.27. The van der Waals surface area contributed by atoms with Crippen LogP contribution in [-0.2, 0) is 11.2 Å². The Kier molecular flexibility index (Phi) is 3.26. The monoisotopic (exact) mass is 209 g/mol. The largest absolute Gasteiger partial charge is 0.480 e. The zero-order valence-electron chi connectivity index (χ0n) is 8.82. The molecule has 0 aliphatic carbocycles. The summed E-state index contributed by atoms with van der Waals surface area (Å²) in [5, 5.41) is 8.71. The lowest BCUT2D eigenvalue weighted by molar-refractivity contribution is -0.138. The van der Waals surface area contributed by atoms with Crippen molar-refractivity contribution in [2.24, 2.45) is 5.73 Å². The van der Waals surface area contributed by atoms with Gasteiger partial charge in [0.2, 0.25) is 0 Å². The van der Waals surface area contributed by atoms with Crippen molar-refractivity contribution in [2.75, 3.05) is 5.73 Å². The fourth-order valence-corrected chi connectivity index (χ4v) is 1.50. The SMILES string of the molecule is Cc1cc(N)nc(C)c1CC(N)C(=O)O. The molecule has 0 saturated carbocycles. The number of nitrogen functional groups attached to an aromatic ring is 1. The lowest BCUT2D eigenvalue weighted by Gasteiger charge is -2.12. The van der Waals surface area contributed by atoms with Crippen molar-refractivity contribution in [3.05, 3.63) is 22.9 Å². The summed E-state index contributed by atoms with van der Waals surface area (Å²) in [5.74, 6) is -0.566. The number of anilines is 1. The lowest BCUT2D eigenvalue weighted by atomic mass is 10.0. The van der Waals surface area contributed by atoms with Crippen LogP contribution in [0.25, 0.3) is 0 Å². The fourth-order valence-electron chi connectivity index (χ4n) is 1.50. The summed E-state index contributed by atoms with van der Waals surface area (Å²) in [6.45, 7) is 3.67. The molecule has 15 heavy (non-hydrogen) atoms. The van der Waals surface area contributed by atoms with Gasteiger partial charge in [-0.3, -0.25) is 4.79 Å². The maximum atomic E-state index is 10.6. The number of aryl methyl sites for hydroxylation is 2. The molecule has 5 nitrogen and oxygen atoms in total. The Morgan fingerprint density at radius 3 is 2.67 bits per heavy atom. The van der Waals surface area contributed by atoms with Gasteiger partial charge >= 0.3 is 5.97 Å². The highest BCUT2D eigenvalue weighted by Crippen LogP contribution is 2.16. The minimum atomic E-state index is -1.01. The van der Waals surface area contributed by atoms with Crippen LogP contribution in [0.2, 0.25) is 0 Å². The highest BCUT2D eigenvalue weighted by molar-refractivity contribution is 5.73. The van der Waals surface area contributed by atoms with E-state index in [0.29, 0.717) is 5.82 Å². The van der Waals surface area contributed by atoms with Gasteiger partial charge in [-0.1, -0.05) is 0 Å². The summed E-state index contributed by atoms with van der Waals surface area (Å²) >= 11 is 0. The van der Waals surface area contributed by atoms with Gasteiger partial charge in [0, 0.05) is 12.1 Å². The van der Waals surface area contributed by atoms with Gasteiger partial charge in [0.25, 0.3) is 0 Å². The molecule has 5 N–H and O–H groups in total. The Morgan fingerprint density at radius 1 is 1.60 bits per heavy atom. The van der Waals surface area contributed by atoms with E-state index < -0.39 is 12.0 Å². The molecule has 0 amide bonds. The van der Waals surface area contributed by atoms with Crippen LogP contribution in [-0.4, -0.2) is 22.1 Å². The number of carbonyl (C=O) groups is 1. The summed E-state index contributed by atoms with van der Waals surface area (Å²) < 4.78 is 0. The summed E-state index contributed by atoms with van der Waals surface area (Å²) in [7, 11) is 0. The predicted molar refractivity (Wildman–Crippen MR) is 57.4 cm³/mol. The van der Waals surface area contributed by atoms with E-state index in [4.69, 9.17) is 16.6 Å². The summed E-state index contributed by atoms with van der Waals surface area (Å²) in [6, 6.07) is 0.824. The quantitative estimate of drug-likeness (QED) is 0.661. The van der Waals surface area contributed by atoms with Crippen molar-refractivity contribution < 1.29 is 9.90 Å². The number of pyridine rings is 1. The van der Waals surface area contributed by atoms with Crippen LogP contribution in [0.3, 0.4) is 0 Å². The molecule has 1 unspecified atom stereocenters. The molecule has 82 valence electrons. The second-order valence-corrected chi connectivity index (χ2v) is 3.58. The number of hydrogen-bond donors (Lipinski definition) is 3. The first-order valence-corrected chi connectivity index (χ1v) is 4.62. The van der Waals surface area contributed by atoms with Crippen LogP contribution in [0.5, 0.6) is 0 Å². The minimum Gasteiger partial charge on any atom is -0.480 e. The Bertz CT molecular complexity index is 367. The van der Waals surface area contributed by atoms with Crippen LogP contribution in [0.15, 0.2) is 6.07 Å². The van der Waals surface area contributed by atoms with Gasteiger partial charge in [-0.05, 0) is 31.0 Å². The number of carboxylic acids is 1. The molecule has 1 aromatic heterocycles. The molecule has 0 radical (unpaired) electrons. The minimum absolute atomic E-state index is 0.278. The average Bonchev–Trinajstić information content (AvgIpc) is 2.10. The van der Waals surface area contributed by atoms with Crippen molar-refractivity contribution in [2.45, 2.75) is 26.3 Å². The third-order valence-electron chi connectivity index (χ3n) is 2.32. The van der Waals surface area contributed by atoms with E-state index in [2.05, 4.69) is 4.98 Å². The molecular weight excluding hydrogens is 194 g/mol. The van der Waals surface area contributed by atoms with Gasteiger partial charge in [-0.15, -0.1) is 0 Å². The number of aromatic nitrogens is 1. The molecule has 1 heterocycles. The normalized spacial score (nSPS) is 12.5. The molecule has 1 rings (SSSR count). The van der Waals surface area contributed by atoms with E-state index in [1.807, 2.05) is 6.92 Å². The van der Waals surface area contributed by atoms with E-state index >= 15 is 0 Å². The van der Waals surface area contributed by atoms with E-state index in [1.54, 1.807) is 13.0 Å². The Hall–Kier alpha value is -1.62. The predicted octanol–water partition coefficient (Wildman–Crippen LogP) is 0.235. The highest BCUT2D eigenvalue weighted by Gasteiger charge is 2.15. The first-order valence-electron chi connectivity index (χ1n) is 4.62. The van der Waals surface area contributed by atoms with E-state index in [9.17, 15) is 4.79 Å². The van der Waals surface area contributed by atoms with Gasteiger partial charge in [0.15, 0.2) is 0 Å². The number of carboxylic acid groups (broad SMARTS) is 1. The molecule has 0 saturated heterocycles. The van der Waals surface area contributed by atoms with Crippen LogP contribution < -0.4 is 11.5 Å². The van der Waals surface area contributed by atoms with E-state index in [-0.39, 0.29) is 6.42 Å². The fraction of sp³-hybridized carbons (Fsp3) is 0.400. The van der Waals surface area contributed by atoms with Crippen molar-refractivity contribution in [3.63, 3.8) is 0 Å². The molecule has 1 atom stereocenters. The first-order chi connectivity index (χ1) is 6.91. The van der Waals surface area contributed by atoms with Crippen LogP contribution in [0.4, 0.5) is 5.82 Å². The van der Waals surface area contributed by atoms with E-state index in [0.717, 1.165) is 16.8 Å². The molecule has 0 aliphatic rings. The highest BCUT2D eigenvalue weighted by atomic mass is 16.4. The van der Waals surface area contributed by atoms with Crippen molar-refractivity contribution in [1.29, 1.82) is 0 Å². The van der Waals surface area contributed by atoms with Crippen LogP contribution in [0, 0.1) is 13.8 Å². The molecule has 0 spiro atoms. The third kappa shape index (κ3) is 2.66. The third-order valence-corrected chi connectivity index (χ3v) is 2.32. The number of nitrogens with zero attached hydrogens (tertiary/aromatic N) is 1. The number of nitrogens with two attached hydrogens (primary N) is 2. The average molecular weight is 209 g/mol. The summed E-state index contributed by atoms with van der Waals surface area (Å²) in [6.07, 6.45) is 0.278. The van der Waals surface area contributed by atoms with E-state index in [1.165, 1.54) is 0 Å². The summed E-state index contributed by atoms with van der Waals surface area (Å²) in [5.41, 5.74) is 13.6. The van der Waals surface area contributed by atoms with Gasteiger partial charge in [0.1, 0.15) is 11.9 Å². The Labute approximate surface area is 88.1 Å². The standard InChI is InChI=1S/C10H15N3O2/c1-5-3-9(12)13-6(2)7(5)4-8(11)10(14)15/h3,8H,4,11H2,1-2H3,(H2,12,13)(H,14,15). The first kappa shape index (κ1) is 11.5. The molecule has 5 heteroatoms. The number of rotatable bonds is 3. The van der Waals surface area contributed by atoms with Crippen LogP contribution >= 0.6 is 0 Å². The van der Waals surface area contributed by atoms with Crippen molar-refractivity contribution in [3.8, 4) is 0 Å². The maximum absolute atomic E-state index is 10.6. The van der Waals surface area contributed by atoms with Gasteiger partial charge in [-0.25, -0.2) is 4.98 Å². The van der Waals surface area contributed by atoms with Gasteiger partial charge in [-0.2, -0.15) is 0 Å². The molecular formula is C10H15N3O2. The molecule has 0 fully saturated rings. The summed E-state index contributed by atoms with van der Waals surface area (Å²) in [4.78, 5) is 14.7. The van der Waals surface area contributed by atoms with Crippen molar-refractivity contribution >= 4 is 11.8 Å². The Morgan fingerprint density at radius 2 is 2.20 bits per heavy atom. The Balaban J connectivity index is 3.00. The molecule has 0 aromatic carbocycles. The topological polar surface area (TPSA) is 102 Å². The zero-order valence-corrected chi connectivity index (χ0v) is 8.82. The molecule has 0 aliphatic heterocycles.